The topological polar surface area (TPSA) is 46.5 Å². The lowest BCUT2D eigenvalue weighted by Crippen LogP contribution is -2.18. The molecule has 1 atom stereocenters. The van der Waals surface area contributed by atoms with E-state index in [0.717, 1.165) is 0 Å². The third-order valence-electron chi connectivity index (χ3n) is 2.46. The molecule has 88 valence electrons. The van der Waals surface area contributed by atoms with E-state index in [1.165, 1.54) is 7.11 Å². The Morgan fingerprint density at radius 1 is 1.44 bits per heavy atom. The van der Waals surface area contributed by atoms with Crippen molar-refractivity contribution in [2.24, 2.45) is 5.92 Å². The highest BCUT2D eigenvalue weighted by Crippen LogP contribution is 2.34. The van der Waals surface area contributed by atoms with Crippen molar-refractivity contribution < 1.29 is 14.6 Å². The van der Waals surface area contributed by atoms with Crippen LogP contribution in [0.5, 0.6) is 5.75 Å². The van der Waals surface area contributed by atoms with Crippen LogP contribution in [0, 0.1) is 5.92 Å². The number of carbonyl (C=O) groups is 1. The van der Waals surface area contributed by atoms with E-state index in [1.54, 1.807) is 18.2 Å². The lowest BCUT2D eigenvalue weighted by atomic mass is 9.88. The van der Waals surface area contributed by atoms with Gasteiger partial charge in [-0.05, 0) is 24.1 Å². The van der Waals surface area contributed by atoms with Crippen LogP contribution in [0.1, 0.15) is 25.3 Å². The molecule has 1 aromatic rings. The van der Waals surface area contributed by atoms with Gasteiger partial charge in [0, 0.05) is 10.6 Å². The van der Waals surface area contributed by atoms with Gasteiger partial charge in [0.05, 0.1) is 13.0 Å². The lowest BCUT2D eigenvalue weighted by molar-refractivity contribution is -0.139. The number of halogens is 1. The van der Waals surface area contributed by atoms with E-state index in [1.807, 2.05) is 13.8 Å². The number of hydrogen-bond donors (Lipinski definition) is 1. The summed E-state index contributed by atoms with van der Waals surface area (Å²) < 4.78 is 5.16. The number of rotatable bonds is 4. The van der Waals surface area contributed by atoms with Crippen LogP contribution in [-0.2, 0) is 4.79 Å². The van der Waals surface area contributed by atoms with Crippen LogP contribution in [0.4, 0.5) is 0 Å². The summed E-state index contributed by atoms with van der Waals surface area (Å²) >= 11 is 5.88. The SMILES string of the molecule is COc1ccc(Cl)cc1C(C(=O)O)C(C)C. The number of methoxy groups -OCH3 is 1. The fourth-order valence-electron chi connectivity index (χ4n) is 1.73. The molecule has 1 N–H and O–H groups in total. The van der Waals surface area contributed by atoms with Crippen molar-refractivity contribution in [2.75, 3.05) is 7.11 Å². The molecule has 0 aliphatic carbocycles. The quantitative estimate of drug-likeness (QED) is 0.882. The Bertz CT molecular complexity index is 388. The summed E-state index contributed by atoms with van der Waals surface area (Å²) in [5.74, 6) is -0.931. The summed E-state index contributed by atoms with van der Waals surface area (Å²) in [5, 5.41) is 9.73. The molecule has 0 amide bonds. The smallest absolute Gasteiger partial charge is 0.311 e. The molecule has 0 radical (unpaired) electrons. The first kappa shape index (κ1) is 12.8. The van der Waals surface area contributed by atoms with E-state index < -0.39 is 11.9 Å². The van der Waals surface area contributed by atoms with Crippen molar-refractivity contribution in [3.63, 3.8) is 0 Å². The van der Waals surface area contributed by atoms with Crippen LogP contribution in [0.15, 0.2) is 18.2 Å². The molecule has 0 bridgehead atoms. The molecule has 0 aliphatic heterocycles. The largest absolute Gasteiger partial charge is 0.496 e. The number of hydrogen-bond acceptors (Lipinski definition) is 2. The highest BCUT2D eigenvalue weighted by atomic mass is 35.5. The number of carboxylic acid groups (broad SMARTS) is 1. The zero-order valence-corrected chi connectivity index (χ0v) is 10.3. The van der Waals surface area contributed by atoms with Crippen LogP contribution >= 0.6 is 11.6 Å². The van der Waals surface area contributed by atoms with Gasteiger partial charge < -0.3 is 9.84 Å². The fourth-order valence-corrected chi connectivity index (χ4v) is 1.91. The Morgan fingerprint density at radius 3 is 2.50 bits per heavy atom. The van der Waals surface area contributed by atoms with Crippen LogP contribution in [-0.4, -0.2) is 18.2 Å². The van der Waals surface area contributed by atoms with Gasteiger partial charge in [-0.15, -0.1) is 0 Å². The van der Waals surface area contributed by atoms with E-state index in [-0.39, 0.29) is 5.92 Å². The maximum absolute atomic E-state index is 11.2. The lowest BCUT2D eigenvalue weighted by Gasteiger charge is -2.19. The fraction of sp³-hybridized carbons (Fsp3) is 0.417. The first-order valence-corrected chi connectivity index (χ1v) is 5.41. The summed E-state index contributed by atoms with van der Waals surface area (Å²) in [7, 11) is 1.52. The molecule has 0 saturated heterocycles. The average Bonchev–Trinajstić information content (AvgIpc) is 2.17. The number of aliphatic carboxylic acids is 1. The van der Waals surface area contributed by atoms with Crippen molar-refractivity contribution >= 4 is 17.6 Å². The van der Waals surface area contributed by atoms with E-state index in [0.29, 0.717) is 16.3 Å². The zero-order chi connectivity index (χ0) is 12.3. The predicted octanol–water partition coefficient (Wildman–Crippen LogP) is 3.17. The van der Waals surface area contributed by atoms with Crippen molar-refractivity contribution in [1.29, 1.82) is 0 Å². The number of benzene rings is 1. The second-order valence-electron chi connectivity index (χ2n) is 3.95. The van der Waals surface area contributed by atoms with Gasteiger partial charge in [0.25, 0.3) is 0 Å². The second kappa shape index (κ2) is 5.21. The second-order valence-corrected chi connectivity index (χ2v) is 4.38. The van der Waals surface area contributed by atoms with E-state index in [2.05, 4.69) is 0 Å². The molecule has 0 spiro atoms. The van der Waals surface area contributed by atoms with Crippen molar-refractivity contribution in [1.82, 2.24) is 0 Å². The van der Waals surface area contributed by atoms with Crippen molar-refractivity contribution in [3.05, 3.63) is 28.8 Å². The molecular formula is C12H15ClO3. The first-order chi connectivity index (χ1) is 7.47. The summed E-state index contributed by atoms with van der Waals surface area (Å²) in [6, 6.07) is 5.03. The molecule has 3 nitrogen and oxygen atoms in total. The predicted molar refractivity (Wildman–Crippen MR) is 63.2 cm³/mol. The maximum Gasteiger partial charge on any atom is 0.311 e. The summed E-state index contributed by atoms with van der Waals surface area (Å²) in [6.45, 7) is 3.72. The van der Waals surface area contributed by atoms with Gasteiger partial charge in [0.1, 0.15) is 5.75 Å². The van der Waals surface area contributed by atoms with Crippen molar-refractivity contribution in [3.8, 4) is 5.75 Å². The molecular weight excluding hydrogens is 228 g/mol. The summed E-state index contributed by atoms with van der Waals surface area (Å²) in [5.41, 5.74) is 0.623. The minimum Gasteiger partial charge on any atom is -0.496 e. The Morgan fingerprint density at radius 2 is 2.06 bits per heavy atom. The van der Waals surface area contributed by atoms with Gasteiger partial charge in [0.15, 0.2) is 0 Å². The molecule has 1 unspecified atom stereocenters. The van der Waals surface area contributed by atoms with Gasteiger partial charge in [-0.3, -0.25) is 4.79 Å². The Balaban J connectivity index is 3.26. The molecule has 0 aromatic heterocycles. The standard InChI is InChI=1S/C12H15ClO3/c1-7(2)11(12(14)15)9-6-8(13)4-5-10(9)16-3/h4-7,11H,1-3H3,(H,14,15). The van der Waals surface area contributed by atoms with Gasteiger partial charge in [-0.25, -0.2) is 0 Å². The highest BCUT2D eigenvalue weighted by molar-refractivity contribution is 6.30. The van der Waals surface area contributed by atoms with Gasteiger partial charge in [-0.2, -0.15) is 0 Å². The molecule has 0 fully saturated rings. The molecule has 1 aromatic carbocycles. The summed E-state index contributed by atoms with van der Waals surface area (Å²) in [4.78, 5) is 11.2. The number of carboxylic acids is 1. The average molecular weight is 243 g/mol. The Hall–Kier alpha value is -1.22. The molecule has 0 saturated carbocycles. The summed E-state index contributed by atoms with van der Waals surface area (Å²) in [6.07, 6.45) is 0. The molecule has 4 heteroatoms. The molecule has 0 aliphatic rings. The van der Waals surface area contributed by atoms with Crippen LogP contribution in [0.2, 0.25) is 5.02 Å². The Labute approximate surface area is 100.0 Å². The van der Waals surface area contributed by atoms with Crippen LogP contribution < -0.4 is 4.74 Å². The van der Waals surface area contributed by atoms with Gasteiger partial charge >= 0.3 is 5.97 Å². The van der Waals surface area contributed by atoms with E-state index >= 15 is 0 Å². The minimum absolute atomic E-state index is 0.0233. The van der Waals surface area contributed by atoms with Crippen LogP contribution in [0.25, 0.3) is 0 Å². The first-order valence-electron chi connectivity index (χ1n) is 5.03. The Kier molecular flexibility index (Phi) is 4.19. The normalized spacial score (nSPS) is 12.6. The van der Waals surface area contributed by atoms with E-state index in [9.17, 15) is 9.90 Å². The van der Waals surface area contributed by atoms with E-state index in [4.69, 9.17) is 16.3 Å². The molecule has 1 rings (SSSR count). The minimum atomic E-state index is -0.865. The number of ether oxygens (including phenoxy) is 1. The maximum atomic E-state index is 11.2. The zero-order valence-electron chi connectivity index (χ0n) is 9.53. The van der Waals surface area contributed by atoms with Gasteiger partial charge in [-0.1, -0.05) is 25.4 Å². The molecule has 16 heavy (non-hydrogen) atoms. The molecule has 0 heterocycles. The van der Waals surface area contributed by atoms with Gasteiger partial charge in [0.2, 0.25) is 0 Å². The monoisotopic (exact) mass is 242 g/mol. The van der Waals surface area contributed by atoms with Crippen molar-refractivity contribution in [2.45, 2.75) is 19.8 Å². The highest BCUT2D eigenvalue weighted by Gasteiger charge is 2.26. The third-order valence-corrected chi connectivity index (χ3v) is 2.69. The third kappa shape index (κ3) is 2.67. The van der Waals surface area contributed by atoms with Crippen LogP contribution in [0.3, 0.4) is 0 Å².